The van der Waals surface area contributed by atoms with E-state index in [1.54, 1.807) is 17.0 Å². The summed E-state index contributed by atoms with van der Waals surface area (Å²) in [6.07, 6.45) is 0. The van der Waals surface area contributed by atoms with Gasteiger partial charge in [0.05, 0.1) is 24.8 Å². The summed E-state index contributed by atoms with van der Waals surface area (Å²) in [6, 6.07) is 19.5. The Hall–Kier alpha value is -2.81. The lowest BCUT2D eigenvalue weighted by atomic mass is 9.93. The fourth-order valence-electron chi connectivity index (χ4n) is 5.27. The molecule has 3 aromatic carbocycles. The van der Waals surface area contributed by atoms with E-state index in [0.29, 0.717) is 71.5 Å². The maximum Gasteiger partial charge on any atom is 0.326 e. The van der Waals surface area contributed by atoms with Crippen molar-refractivity contribution in [3.8, 4) is 5.75 Å². The van der Waals surface area contributed by atoms with Crippen molar-refractivity contribution in [1.82, 2.24) is 14.7 Å². The summed E-state index contributed by atoms with van der Waals surface area (Å²) in [5.41, 5.74) is 2.52. The maximum absolute atomic E-state index is 14.5. The minimum Gasteiger partial charge on any atom is -0.493 e. The Morgan fingerprint density at radius 3 is 2.10 bits per heavy atom. The Balaban J connectivity index is 1.63. The van der Waals surface area contributed by atoms with Crippen LogP contribution in [0, 0.1) is 0 Å². The Morgan fingerprint density at radius 2 is 1.50 bits per heavy atom. The monoisotopic (exact) mass is 600 g/mol. The number of carbonyl (C=O) groups is 1. The van der Waals surface area contributed by atoms with Crippen molar-refractivity contribution in [1.29, 1.82) is 0 Å². The second-order valence-electron chi connectivity index (χ2n) is 9.72. The first kappa shape index (κ1) is 28.7. The van der Waals surface area contributed by atoms with E-state index in [9.17, 15) is 9.90 Å². The second kappa shape index (κ2) is 12.8. The van der Waals surface area contributed by atoms with Crippen molar-refractivity contribution >= 4 is 46.7 Å². The molecule has 1 fully saturated rings. The van der Waals surface area contributed by atoms with Gasteiger partial charge >= 0.3 is 6.03 Å². The van der Waals surface area contributed by atoms with Crippen LogP contribution in [0.2, 0.25) is 15.1 Å². The largest absolute Gasteiger partial charge is 0.493 e. The maximum atomic E-state index is 14.5. The van der Waals surface area contributed by atoms with Crippen LogP contribution in [0.4, 0.5) is 4.79 Å². The number of nitrogens with zero attached hydrogens (tertiary/aromatic N) is 4. The van der Waals surface area contributed by atoms with Crippen LogP contribution in [0.15, 0.2) is 71.7 Å². The van der Waals surface area contributed by atoms with Gasteiger partial charge in [-0.25, -0.2) is 4.79 Å². The van der Waals surface area contributed by atoms with Crippen molar-refractivity contribution < 1.29 is 14.6 Å². The predicted molar refractivity (Wildman–Crippen MR) is 160 cm³/mol. The van der Waals surface area contributed by atoms with E-state index in [-0.39, 0.29) is 12.6 Å². The third kappa shape index (κ3) is 6.09. The number of ether oxygens (including phenoxy) is 1. The molecule has 2 amide bonds. The molecule has 7 nitrogen and oxygen atoms in total. The number of benzene rings is 3. The average Bonchev–Trinajstić information content (AvgIpc) is 3.34. The molecule has 2 aliphatic heterocycles. The summed E-state index contributed by atoms with van der Waals surface area (Å²) in [5.74, 6) is 1.08. The lowest BCUT2D eigenvalue weighted by molar-refractivity contribution is 0.108. The summed E-state index contributed by atoms with van der Waals surface area (Å²) in [4.78, 5) is 25.5. The fourth-order valence-corrected chi connectivity index (χ4v) is 5.68. The lowest BCUT2D eigenvalue weighted by Gasteiger charge is -2.39. The fraction of sp³-hybridized carbons (Fsp3) is 0.333. The molecule has 210 valence electrons. The second-order valence-corrected chi connectivity index (χ2v) is 11.0. The number of carbonyl (C=O) groups excluding carboxylic acids is 1. The van der Waals surface area contributed by atoms with Gasteiger partial charge in [0, 0.05) is 47.8 Å². The number of hydrogen-bond acceptors (Lipinski definition) is 5. The van der Waals surface area contributed by atoms with E-state index in [1.165, 1.54) is 0 Å². The highest BCUT2D eigenvalue weighted by Gasteiger charge is 2.44. The zero-order valence-electron chi connectivity index (χ0n) is 22.1. The standard InChI is InChI=1S/C30H31Cl3N4O3/c1-2-40-26-19-24(33)11-12-25(26)29-34-27(20-3-7-22(31)8-4-20)28(21-5-9-23(32)10-6-21)37(29)30(39)36-15-13-35(14-16-36)17-18-38/h3-12,19,27-28,38H,2,13-18H2,1H3. The number of halogens is 3. The molecule has 1 saturated heterocycles. The van der Waals surface area contributed by atoms with Crippen LogP contribution < -0.4 is 4.74 Å². The first-order chi connectivity index (χ1) is 19.4. The minimum absolute atomic E-state index is 0.0923. The Morgan fingerprint density at radius 1 is 0.900 bits per heavy atom. The molecule has 0 saturated carbocycles. The van der Waals surface area contributed by atoms with E-state index in [0.717, 1.165) is 11.1 Å². The predicted octanol–water partition coefficient (Wildman–Crippen LogP) is 6.32. The molecule has 2 aliphatic rings. The number of urea groups is 1. The molecule has 0 bridgehead atoms. The van der Waals surface area contributed by atoms with Gasteiger partial charge in [0.25, 0.3) is 0 Å². The van der Waals surface area contributed by atoms with Gasteiger partial charge in [-0.2, -0.15) is 0 Å². The van der Waals surface area contributed by atoms with Gasteiger partial charge in [0.15, 0.2) is 0 Å². The number of piperazine rings is 1. The van der Waals surface area contributed by atoms with Gasteiger partial charge in [-0.1, -0.05) is 59.1 Å². The molecule has 2 atom stereocenters. The van der Waals surface area contributed by atoms with Crippen molar-refractivity contribution in [2.24, 2.45) is 4.99 Å². The highest BCUT2D eigenvalue weighted by molar-refractivity contribution is 6.31. The van der Waals surface area contributed by atoms with Crippen molar-refractivity contribution in [2.45, 2.75) is 19.0 Å². The third-order valence-electron chi connectivity index (χ3n) is 7.24. The molecule has 0 aromatic heterocycles. The highest BCUT2D eigenvalue weighted by Crippen LogP contribution is 2.45. The van der Waals surface area contributed by atoms with Crippen LogP contribution in [0.5, 0.6) is 5.75 Å². The van der Waals surface area contributed by atoms with Crippen LogP contribution in [0.25, 0.3) is 0 Å². The molecule has 1 N–H and O–H groups in total. The minimum atomic E-state index is -0.443. The normalized spacial score (nSPS) is 19.6. The first-order valence-electron chi connectivity index (χ1n) is 13.3. The SMILES string of the molecule is CCOc1cc(Cl)ccc1C1=NC(c2ccc(Cl)cc2)C(c2ccc(Cl)cc2)N1C(=O)N1CCN(CCO)CC1. The topological polar surface area (TPSA) is 68.6 Å². The van der Waals surface area contributed by atoms with Gasteiger partial charge < -0.3 is 14.7 Å². The van der Waals surface area contributed by atoms with Gasteiger partial charge in [-0.3, -0.25) is 14.8 Å². The molecular weight excluding hydrogens is 571 g/mol. The van der Waals surface area contributed by atoms with Gasteiger partial charge in [-0.05, 0) is 60.5 Å². The number of amidine groups is 1. The van der Waals surface area contributed by atoms with Crippen LogP contribution in [-0.4, -0.2) is 77.6 Å². The zero-order valence-corrected chi connectivity index (χ0v) is 24.4. The zero-order chi connectivity index (χ0) is 28.2. The number of β-amino-alcohol motifs (C(OH)–C–C–N with tert-alkyl or cyclic N) is 1. The van der Waals surface area contributed by atoms with Crippen LogP contribution in [0.1, 0.15) is 35.7 Å². The molecule has 0 radical (unpaired) electrons. The number of aliphatic hydroxyl groups excluding tert-OH is 1. The molecule has 40 heavy (non-hydrogen) atoms. The number of hydrogen-bond donors (Lipinski definition) is 1. The molecule has 0 spiro atoms. The Kier molecular flexibility index (Phi) is 9.18. The summed E-state index contributed by atoms with van der Waals surface area (Å²) in [6.45, 7) is 5.47. The van der Waals surface area contributed by atoms with Crippen molar-refractivity contribution in [3.63, 3.8) is 0 Å². The van der Waals surface area contributed by atoms with Crippen LogP contribution in [-0.2, 0) is 0 Å². The summed E-state index contributed by atoms with van der Waals surface area (Å²) in [5, 5.41) is 11.1. The summed E-state index contributed by atoms with van der Waals surface area (Å²) < 4.78 is 5.98. The molecular formula is C30H31Cl3N4O3. The molecule has 10 heteroatoms. The van der Waals surface area contributed by atoms with E-state index < -0.39 is 12.1 Å². The van der Waals surface area contributed by atoms with E-state index in [4.69, 9.17) is 44.5 Å². The van der Waals surface area contributed by atoms with Gasteiger partial charge in [-0.15, -0.1) is 0 Å². The van der Waals surface area contributed by atoms with Crippen molar-refractivity contribution in [3.05, 3.63) is 98.5 Å². The highest BCUT2D eigenvalue weighted by atomic mass is 35.5. The van der Waals surface area contributed by atoms with Gasteiger partial charge in [0.1, 0.15) is 17.6 Å². The third-order valence-corrected chi connectivity index (χ3v) is 7.98. The Labute approximate surface area is 249 Å². The number of aliphatic hydroxyl groups is 1. The molecule has 2 unspecified atom stereocenters. The van der Waals surface area contributed by atoms with Gasteiger partial charge in [0.2, 0.25) is 0 Å². The summed E-state index contributed by atoms with van der Waals surface area (Å²) >= 11 is 18.8. The number of rotatable bonds is 7. The molecule has 2 heterocycles. The first-order valence-corrected chi connectivity index (χ1v) is 14.5. The molecule has 5 rings (SSSR count). The number of aliphatic imine (C=N–C) groups is 1. The summed E-state index contributed by atoms with van der Waals surface area (Å²) in [7, 11) is 0. The van der Waals surface area contributed by atoms with Crippen molar-refractivity contribution in [2.75, 3.05) is 45.9 Å². The van der Waals surface area contributed by atoms with E-state index >= 15 is 0 Å². The smallest absolute Gasteiger partial charge is 0.326 e. The molecule has 3 aromatic rings. The lowest BCUT2D eigenvalue weighted by Crippen LogP contribution is -2.54. The van der Waals surface area contributed by atoms with E-state index in [1.807, 2.05) is 66.4 Å². The van der Waals surface area contributed by atoms with E-state index in [2.05, 4.69) is 4.90 Å². The Bertz CT molecular complexity index is 1360. The quantitative estimate of drug-likeness (QED) is 0.344. The molecule has 0 aliphatic carbocycles. The van der Waals surface area contributed by atoms with Crippen LogP contribution in [0.3, 0.4) is 0 Å². The van der Waals surface area contributed by atoms with Crippen LogP contribution >= 0.6 is 34.8 Å². The number of amides is 2. The average molecular weight is 602 g/mol.